The Morgan fingerprint density at radius 3 is 2.58 bits per heavy atom. The zero-order valence-electron chi connectivity index (χ0n) is 16.2. The van der Waals surface area contributed by atoms with Crippen LogP contribution in [-0.2, 0) is 19.1 Å². The van der Waals surface area contributed by atoms with Crippen molar-refractivity contribution in [3.63, 3.8) is 0 Å². The van der Waals surface area contributed by atoms with Gasteiger partial charge in [0.15, 0.2) is 11.7 Å². The standard InChI is InChI=1S/C19H30NO6/c1-11(2)15-12(3)18(4,23)17(22)25-10-13-6-8-20(5)9-7-14(19(13,20)24)26-16(15)21/h6,11-12,14-15,23-24H,7-10H2,1-5H3/q+1. The second kappa shape index (κ2) is 6.04. The molecule has 0 spiro atoms. The van der Waals surface area contributed by atoms with Crippen LogP contribution in [0.5, 0.6) is 0 Å². The van der Waals surface area contributed by atoms with E-state index in [0.717, 1.165) is 0 Å². The maximum Gasteiger partial charge on any atom is 0.338 e. The van der Waals surface area contributed by atoms with Crippen LogP contribution in [0.3, 0.4) is 0 Å². The van der Waals surface area contributed by atoms with Crippen LogP contribution in [0.15, 0.2) is 11.6 Å². The molecule has 7 heteroatoms. The molecule has 0 radical (unpaired) electrons. The van der Waals surface area contributed by atoms with Crippen LogP contribution >= 0.6 is 0 Å². The summed E-state index contributed by atoms with van der Waals surface area (Å²) in [7, 11) is 1.91. The van der Waals surface area contributed by atoms with Gasteiger partial charge in [0, 0.05) is 12.3 Å². The van der Waals surface area contributed by atoms with Gasteiger partial charge < -0.3 is 19.7 Å². The molecule has 6 atom stereocenters. The molecule has 2 fully saturated rings. The minimum Gasteiger partial charge on any atom is -0.459 e. The SMILES string of the molecule is CC(C)C1C(=O)OC2CC[N+]3(C)CC=C(COC(=O)C(C)(O)C1C)C23O. The second-order valence-electron chi connectivity index (χ2n) is 8.75. The number of aliphatic hydroxyl groups is 2. The van der Waals surface area contributed by atoms with Crippen molar-refractivity contribution < 1.29 is 33.8 Å². The van der Waals surface area contributed by atoms with Crippen LogP contribution in [0.4, 0.5) is 0 Å². The molecule has 3 aliphatic rings. The molecule has 0 aliphatic carbocycles. The predicted molar refractivity (Wildman–Crippen MR) is 92.5 cm³/mol. The summed E-state index contributed by atoms with van der Waals surface area (Å²) in [4.78, 5) is 25.6. The third kappa shape index (κ3) is 2.52. The number of nitrogens with zero attached hydrogens (tertiary/aromatic N) is 1. The maximum atomic E-state index is 13.0. The highest BCUT2D eigenvalue weighted by molar-refractivity contribution is 5.82. The quantitative estimate of drug-likeness (QED) is 0.400. The van der Waals surface area contributed by atoms with E-state index in [1.165, 1.54) is 6.92 Å². The first-order valence-electron chi connectivity index (χ1n) is 9.31. The van der Waals surface area contributed by atoms with Gasteiger partial charge in [-0.15, -0.1) is 0 Å². The molecule has 0 amide bonds. The van der Waals surface area contributed by atoms with Crippen LogP contribution in [0, 0.1) is 17.8 Å². The lowest BCUT2D eigenvalue weighted by molar-refractivity contribution is -0.955. The van der Waals surface area contributed by atoms with Crippen molar-refractivity contribution in [2.24, 2.45) is 17.8 Å². The number of esters is 2. The molecule has 0 aromatic rings. The highest BCUT2D eigenvalue weighted by atomic mass is 16.6. The summed E-state index contributed by atoms with van der Waals surface area (Å²) in [6, 6.07) is 0. The Labute approximate surface area is 154 Å². The minimum absolute atomic E-state index is 0.119. The Bertz CT molecular complexity index is 656. The fourth-order valence-electron chi connectivity index (χ4n) is 4.77. The Morgan fingerprint density at radius 2 is 1.96 bits per heavy atom. The number of cyclic esters (lactones) is 1. The molecule has 6 unspecified atom stereocenters. The Morgan fingerprint density at radius 1 is 1.31 bits per heavy atom. The molecule has 0 aromatic carbocycles. The molecule has 3 rings (SSSR count). The summed E-state index contributed by atoms with van der Waals surface area (Å²) in [6.45, 7) is 7.88. The molecule has 146 valence electrons. The number of likely N-dealkylation sites (N-methyl/N-ethyl adjacent to an activating group) is 1. The Hall–Kier alpha value is -1.44. The summed E-state index contributed by atoms with van der Waals surface area (Å²) < 4.78 is 11.5. The van der Waals surface area contributed by atoms with Gasteiger partial charge in [0.05, 0.1) is 25.1 Å². The minimum atomic E-state index is -1.83. The van der Waals surface area contributed by atoms with Crippen molar-refractivity contribution in [3.05, 3.63) is 11.6 Å². The van der Waals surface area contributed by atoms with Crippen molar-refractivity contribution in [2.75, 3.05) is 26.7 Å². The number of hydrogen-bond donors (Lipinski definition) is 2. The van der Waals surface area contributed by atoms with Crippen molar-refractivity contribution >= 4 is 11.9 Å². The highest BCUT2D eigenvalue weighted by Gasteiger charge is 2.65. The maximum absolute atomic E-state index is 13.0. The topological polar surface area (TPSA) is 93.1 Å². The largest absolute Gasteiger partial charge is 0.459 e. The summed E-state index contributed by atoms with van der Waals surface area (Å²) in [6.07, 6.45) is 1.70. The van der Waals surface area contributed by atoms with Crippen molar-refractivity contribution in [1.82, 2.24) is 0 Å². The van der Waals surface area contributed by atoms with E-state index in [1.54, 1.807) is 6.92 Å². The zero-order valence-corrected chi connectivity index (χ0v) is 16.2. The highest BCUT2D eigenvalue weighted by Crippen LogP contribution is 2.46. The van der Waals surface area contributed by atoms with Crippen LogP contribution in [0.2, 0.25) is 0 Å². The number of ether oxygens (including phenoxy) is 2. The lowest BCUT2D eigenvalue weighted by atomic mass is 9.75. The van der Waals surface area contributed by atoms with Gasteiger partial charge in [0.2, 0.25) is 0 Å². The van der Waals surface area contributed by atoms with Gasteiger partial charge in [-0.1, -0.05) is 20.8 Å². The van der Waals surface area contributed by atoms with Crippen molar-refractivity contribution in [2.45, 2.75) is 51.5 Å². The fraction of sp³-hybridized carbons (Fsp3) is 0.789. The number of quaternary nitrogens is 1. The van der Waals surface area contributed by atoms with E-state index in [9.17, 15) is 19.8 Å². The number of carbonyl (C=O) groups excluding carboxylic acids is 2. The zero-order chi connectivity index (χ0) is 19.5. The van der Waals surface area contributed by atoms with E-state index >= 15 is 0 Å². The van der Waals surface area contributed by atoms with Crippen LogP contribution < -0.4 is 0 Å². The van der Waals surface area contributed by atoms with Crippen molar-refractivity contribution in [1.29, 1.82) is 0 Å². The van der Waals surface area contributed by atoms with E-state index in [2.05, 4.69) is 0 Å². The van der Waals surface area contributed by atoms with Crippen LogP contribution in [-0.4, -0.2) is 70.8 Å². The molecule has 26 heavy (non-hydrogen) atoms. The van der Waals surface area contributed by atoms with Gasteiger partial charge in [-0.05, 0) is 18.9 Å². The normalized spacial score (nSPS) is 46.3. The molecular formula is C19H30NO6+. The number of hydrogen-bond acceptors (Lipinski definition) is 6. The van der Waals surface area contributed by atoms with Gasteiger partial charge in [-0.2, -0.15) is 0 Å². The second-order valence-corrected chi connectivity index (χ2v) is 8.75. The van der Waals surface area contributed by atoms with Crippen LogP contribution in [0.1, 0.15) is 34.1 Å². The molecule has 3 heterocycles. The van der Waals surface area contributed by atoms with Crippen molar-refractivity contribution in [3.8, 4) is 0 Å². The molecule has 0 saturated carbocycles. The first kappa shape index (κ1) is 19.3. The van der Waals surface area contributed by atoms with Crippen LogP contribution in [0.25, 0.3) is 0 Å². The average Bonchev–Trinajstić information content (AvgIpc) is 2.93. The third-order valence-electron chi connectivity index (χ3n) is 6.82. The van der Waals surface area contributed by atoms with E-state index in [4.69, 9.17) is 9.47 Å². The van der Waals surface area contributed by atoms with Gasteiger partial charge in [0.25, 0.3) is 5.72 Å². The van der Waals surface area contributed by atoms with E-state index in [-0.39, 0.29) is 12.5 Å². The Kier molecular flexibility index (Phi) is 4.49. The monoisotopic (exact) mass is 368 g/mol. The summed E-state index contributed by atoms with van der Waals surface area (Å²) in [5.74, 6) is -2.79. The molecule has 7 nitrogen and oxygen atoms in total. The molecule has 3 aliphatic heterocycles. The fourth-order valence-corrected chi connectivity index (χ4v) is 4.77. The third-order valence-corrected chi connectivity index (χ3v) is 6.82. The van der Waals surface area contributed by atoms with E-state index in [0.29, 0.717) is 29.6 Å². The van der Waals surface area contributed by atoms with Gasteiger partial charge in [-0.3, -0.25) is 9.28 Å². The molecule has 0 aromatic heterocycles. The molecule has 2 saturated heterocycles. The average molecular weight is 368 g/mol. The van der Waals surface area contributed by atoms with Gasteiger partial charge >= 0.3 is 11.9 Å². The molecule has 2 N–H and O–H groups in total. The lowest BCUT2D eigenvalue weighted by Crippen LogP contribution is -2.61. The summed E-state index contributed by atoms with van der Waals surface area (Å²) in [5, 5.41) is 22.3. The smallest absolute Gasteiger partial charge is 0.338 e. The van der Waals surface area contributed by atoms with Gasteiger partial charge in [-0.25, -0.2) is 4.79 Å². The Balaban J connectivity index is 2.05. The predicted octanol–water partition coefficient (Wildman–Crippen LogP) is 0.593. The molecule has 0 bridgehead atoms. The number of rotatable bonds is 1. The summed E-state index contributed by atoms with van der Waals surface area (Å²) in [5.41, 5.74) is -2.68. The summed E-state index contributed by atoms with van der Waals surface area (Å²) >= 11 is 0. The molecular weight excluding hydrogens is 338 g/mol. The lowest BCUT2D eigenvalue weighted by Gasteiger charge is -2.40. The van der Waals surface area contributed by atoms with Gasteiger partial charge in [0.1, 0.15) is 13.2 Å². The first-order chi connectivity index (χ1) is 11.9. The number of carbonyl (C=O) groups is 2. The van der Waals surface area contributed by atoms with E-state index in [1.807, 2.05) is 27.0 Å². The first-order valence-corrected chi connectivity index (χ1v) is 9.31. The van der Waals surface area contributed by atoms with E-state index < -0.39 is 41.2 Å².